The number of nitrogens with two attached hydrogens (primary N) is 1. The topological polar surface area (TPSA) is 179 Å². The van der Waals surface area contributed by atoms with Crippen LogP contribution in [0, 0.1) is 0 Å². The van der Waals surface area contributed by atoms with Crippen LogP contribution in [0.5, 0.6) is 28.7 Å². The maximum absolute atomic E-state index is 13.7. The van der Waals surface area contributed by atoms with E-state index in [0.717, 1.165) is 7.11 Å². The van der Waals surface area contributed by atoms with Crippen LogP contribution >= 0.6 is 27.5 Å². The lowest BCUT2D eigenvalue weighted by molar-refractivity contribution is -0.149. The third-order valence-electron chi connectivity index (χ3n) is 6.55. The van der Waals surface area contributed by atoms with Crippen molar-refractivity contribution in [3.05, 3.63) is 74.7 Å². The summed E-state index contributed by atoms with van der Waals surface area (Å²) in [6.07, 6.45) is -1.62. The zero-order chi connectivity index (χ0) is 30.7. The van der Waals surface area contributed by atoms with Crippen LogP contribution in [0.2, 0.25) is 5.02 Å². The highest BCUT2D eigenvalue weighted by Gasteiger charge is 2.35. The Kier molecular flexibility index (Phi) is 9.46. The molecule has 2 aliphatic heterocycles. The molecule has 0 aliphatic carbocycles. The highest BCUT2D eigenvalue weighted by Crippen LogP contribution is 2.43. The fraction of sp³-hybridized carbons (Fsp3) is 0.250. The van der Waals surface area contributed by atoms with Crippen molar-refractivity contribution in [2.24, 2.45) is 5.73 Å². The van der Waals surface area contributed by atoms with Crippen LogP contribution in [0.25, 0.3) is 0 Å². The minimum absolute atomic E-state index is 0.0149. The Morgan fingerprint density at radius 3 is 2.29 bits per heavy atom. The summed E-state index contributed by atoms with van der Waals surface area (Å²) in [5.74, 6) is -2.53. The molecule has 0 fully saturated rings. The predicted molar refractivity (Wildman–Crippen MR) is 154 cm³/mol. The predicted octanol–water partition coefficient (Wildman–Crippen LogP) is 3.18. The lowest BCUT2D eigenvalue weighted by Gasteiger charge is -2.27. The van der Waals surface area contributed by atoms with Crippen LogP contribution < -0.4 is 30.6 Å². The second-order valence-electron chi connectivity index (χ2n) is 9.13. The summed E-state index contributed by atoms with van der Waals surface area (Å²) in [7, 11) is 3.87. The molecule has 2 aliphatic rings. The number of carbonyl (C=O) groups excluding carboxylic acids is 3. The van der Waals surface area contributed by atoms with Crippen molar-refractivity contribution >= 4 is 45.3 Å². The molecular weight excluding hydrogens is 638 g/mol. The molecule has 0 saturated carbocycles. The Labute approximate surface area is 253 Å². The molecule has 2 amide bonds. The molecule has 0 spiro atoms. The average molecular weight is 665 g/mol. The maximum atomic E-state index is 13.7. The van der Waals surface area contributed by atoms with E-state index in [0.29, 0.717) is 10.2 Å². The van der Waals surface area contributed by atoms with E-state index in [4.69, 9.17) is 36.3 Å². The zero-order valence-corrected chi connectivity index (χ0v) is 24.9. The lowest BCUT2D eigenvalue weighted by Crippen LogP contribution is -2.51. The number of ether oxygens (including phenoxy) is 4. The summed E-state index contributed by atoms with van der Waals surface area (Å²) in [6, 6.07) is 7.03. The smallest absolute Gasteiger partial charge is 0.331 e. The average Bonchev–Trinajstić information content (AvgIpc) is 2.97. The Hall–Kier alpha value is -4.04. The summed E-state index contributed by atoms with van der Waals surface area (Å²) < 4.78 is 21.7. The third-order valence-corrected chi connectivity index (χ3v) is 7.46. The first-order valence-electron chi connectivity index (χ1n) is 12.3. The van der Waals surface area contributed by atoms with Gasteiger partial charge < -0.3 is 45.5 Å². The van der Waals surface area contributed by atoms with E-state index in [-0.39, 0.29) is 44.7 Å². The zero-order valence-electron chi connectivity index (χ0n) is 22.5. The number of rotatable bonds is 4. The molecule has 4 atom stereocenters. The molecule has 6 N–H and O–H groups in total. The number of nitrogens with one attached hydrogen (secondary N) is 2. The van der Waals surface area contributed by atoms with Crippen molar-refractivity contribution < 1.29 is 43.5 Å². The van der Waals surface area contributed by atoms with E-state index in [2.05, 4.69) is 26.6 Å². The number of aromatic hydroxyl groups is 1. The molecule has 0 aromatic heterocycles. The van der Waals surface area contributed by atoms with Crippen molar-refractivity contribution in [3.8, 4) is 28.7 Å². The van der Waals surface area contributed by atoms with Gasteiger partial charge in [-0.2, -0.15) is 0 Å². The SMILES string of the molecule is COC(=O)[C@@H]1NC(=O)[C@H](c2ccc(OC)c(Br)c2)NC(=O)[C@H](N)c2cc(O)c(OC)c(c2)Oc2ccc(cc2Cl)[C@@H]1O. The molecule has 4 bridgehead atoms. The molecule has 14 heteroatoms. The number of halogens is 2. The van der Waals surface area contributed by atoms with Gasteiger partial charge in [-0.05, 0) is 69.0 Å². The quantitative estimate of drug-likeness (QED) is 0.260. The number of aliphatic hydroxyl groups excluding tert-OH is 1. The molecular formula is C28H27BrClN3O9. The molecule has 0 radical (unpaired) electrons. The van der Waals surface area contributed by atoms with Gasteiger partial charge in [0, 0.05) is 0 Å². The molecule has 2 heterocycles. The minimum Gasteiger partial charge on any atom is -0.504 e. The Balaban J connectivity index is 1.90. The van der Waals surface area contributed by atoms with Gasteiger partial charge in [0.15, 0.2) is 17.5 Å². The number of amides is 2. The number of phenols is 1. The first-order chi connectivity index (χ1) is 20.0. The minimum atomic E-state index is -1.62. The number of benzene rings is 3. The molecule has 12 nitrogen and oxygen atoms in total. The van der Waals surface area contributed by atoms with Crippen LogP contribution in [-0.4, -0.2) is 55.4 Å². The summed E-state index contributed by atoms with van der Waals surface area (Å²) >= 11 is 9.81. The van der Waals surface area contributed by atoms with Gasteiger partial charge in [-0.25, -0.2) is 4.79 Å². The van der Waals surface area contributed by atoms with Crippen LogP contribution in [-0.2, 0) is 19.1 Å². The molecule has 42 heavy (non-hydrogen) atoms. The molecule has 3 aromatic carbocycles. The maximum Gasteiger partial charge on any atom is 0.331 e. The number of carbonyl (C=O) groups is 3. The van der Waals surface area contributed by atoms with E-state index in [1.54, 1.807) is 12.1 Å². The van der Waals surface area contributed by atoms with Gasteiger partial charge in [0.1, 0.15) is 29.7 Å². The Bertz CT molecular complexity index is 1540. The Morgan fingerprint density at radius 2 is 1.67 bits per heavy atom. The summed E-state index contributed by atoms with van der Waals surface area (Å²) in [6.45, 7) is 0. The van der Waals surface area contributed by atoms with Gasteiger partial charge in [0.05, 0.1) is 30.8 Å². The second kappa shape index (κ2) is 12.9. The van der Waals surface area contributed by atoms with Gasteiger partial charge in [0.2, 0.25) is 17.6 Å². The molecule has 0 unspecified atom stereocenters. The summed E-state index contributed by atoms with van der Waals surface area (Å²) in [5.41, 5.74) is 6.83. The van der Waals surface area contributed by atoms with Crippen LogP contribution in [0.4, 0.5) is 0 Å². The normalized spacial score (nSPS) is 20.6. The molecule has 3 aromatic rings. The van der Waals surface area contributed by atoms with E-state index in [1.165, 1.54) is 50.6 Å². The fourth-order valence-corrected chi connectivity index (χ4v) is 5.13. The largest absolute Gasteiger partial charge is 0.504 e. The number of phenolic OH excluding ortho intramolecular Hbond substituents is 1. The third kappa shape index (κ3) is 6.23. The van der Waals surface area contributed by atoms with Crippen molar-refractivity contribution in [1.82, 2.24) is 10.6 Å². The van der Waals surface area contributed by atoms with Gasteiger partial charge in [-0.3, -0.25) is 9.59 Å². The van der Waals surface area contributed by atoms with E-state index in [9.17, 15) is 24.6 Å². The monoisotopic (exact) mass is 663 g/mol. The van der Waals surface area contributed by atoms with Crippen molar-refractivity contribution in [2.45, 2.75) is 24.2 Å². The number of hydrogen-bond acceptors (Lipinski definition) is 10. The van der Waals surface area contributed by atoms with Crippen molar-refractivity contribution in [3.63, 3.8) is 0 Å². The van der Waals surface area contributed by atoms with Gasteiger partial charge in [-0.1, -0.05) is 23.7 Å². The first-order valence-corrected chi connectivity index (χ1v) is 13.5. The van der Waals surface area contributed by atoms with E-state index in [1.807, 2.05) is 0 Å². The van der Waals surface area contributed by atoms with Crippen LogP contribution in [0.3, 0.4) is 0 Å². The molecule has 222 valence electrons. The number of methoxy groups -OCH3 is 3. The number of esters is 1. The van der Waals surface area contributed by atoms with Crippen LogP contribution in [0.1, 0.15) is 34.9 Å². The van der Waals surface area contributed by atoms with E-state index >= 15 is 0 Å². The highest BCUT2D eigenvalue weighted by atomic mass is 79.9. The lowest BCUT2D eigenvalue weighted by atomic mass is 9.99. The van der Waals surface area contributed by atoms with Crippen molar-refractivity contribution in [1.29, 1.82) is 0 Å². The number of aliphatic hydroxyl groups is 1. The highest BCUT2D eigenvalue weighted by molar-refractivity contribution is 9.10. The van der Waals surface area contributed by atoms with E-state index < -0.39 is 42.0 Å². The van der Waals surface area contributed by atoms with Crippen molar-refractivity contribution in [2.75, 3.05) is 21.3 Å². The Morgan fingerprint density at radius 1 is 0.952 bits per heavy atom. The molecule has 0 saturated heterocycles. The van der Waals surface area contributed by atoms with Gasteiger partial charge in [0.25, 0.3) is 0 Å². The number of fused-ring (bicyclic) bond motifs is 9. The summed E-state index contributed by atoms with van der Waals surface area (Å²) in [5, 5.41) is 26.9. The second-order valence-corrected chi connectivity index (χ2v) is 10.4. The van der Waals surface area contributed by atoms with Gasteiger partial charge in [-0.15, -0.1) is 0 Å². The first kappa shape index (κ1) is 30.9. The molecule has 5 rings (SSSR count). The number of hydrogen-bond donors (Lipinski definition) is 5. The van der Waals surface area contributed by atoms with Crippen LogP contribution in [0.15, 0.2) is 53.0 Å². The van der Waals surface area contributed by atoms with Gasteiger partial charge >= 0.3 is 5.97 Å². The fourth-order valence-electron chi connectivity index (χ4n) is 4.34. The summed E-state index contributed by atoms with van der Waals surface area (Å²) in [4.78, 5) is 39.9. The standard InChI is InChI=1S/C28H27BrClN3O9/c1-39-18-6-4-12(8-15(18)29)22-27(37)33-23(28(38)41-3)24(35)13-5-7-19(16(30)9-13)42-20-11-14(21(31)26(36)32-22)10-17(34)25(20)40-2/h4-11,21-24,34-35H,31H2,1-3H3,(H,32,36)(H,33,37)/t21-,22+,23-,24+/m1/s1.